The van der Waals surface area contributed by atoms with E-state index in [4.69, 9.17) is 4.74 Å². The molecule has 2 atom stereocenters. The zero-order valence-electron chi connectivity index (χ0n) is 30.0. The molecule has 264 valence electrons. The Bertz CT molecular complexity index is 1490. The molecule has 1 amide bonds. The van der Waals surface area contributed by atoms with Gasteiger partial charge in [-0.3, -0.25) is 14.4 Å². The number of Topliss-reactive ketones (excluding diaryl/α,β-unsaturated/α-hetero) is 1. The van der Waals surface area contributed by atoms with Crippen LogP contribution in [0.25, 0.3) is 22.5 Å². The first-order chi connectivity index (χ1) is 23.4. The number of aromatic nitrogens is 2. The molecule has 8 nitrogen and oxygen atoms in total. The van der Waals surface area contributed by atoms with E-state index in [0.29, 0.717) is 18.2 Å². The Hall–Kier alpha value is -4.07. The van der Waals surface area contributed by atoms with Crippen molar-refractivity contribution in [3.63, 3.8) is 0 Å². The Kier molecular flexibility index (Phi) is 13.9. The van der Waals surface area contributed by atoms with Gasteiger partial charge in [-0.15, -0.1) is 0 Å². The molecule has 1 aliphatic carbocycles. The first-order valence-electron chi connectivity index (χ1n) is 18.1. The maximum Gasteiger partial charge on any atom is 0.325 e. The molecule has 1 fully saturated rings. The lowest BCUT2D eigenvalue weighted by Gasteiger charge is -2.36. The largest absolute Gasteiger partial charge is 0.494 e. The molecule has 4 rings (SSSR count). The average Bonchev–Trinajstić information content (AvgIpc) is 3.09. The fourth-order valence-electron chi connectivity index (χ4n) is 6.68. The van der Waals surface area contributed by atoms with E-state index in [2.05, 4.69) is 43.0 Å². The van der Waals surface area contributed by atoms with Gasteiger partial charge in [-0.1, -0.05) is 89.8 Å². The highest BCUT2D eigenvalue weighted by Crippen LogP contribution is 2.40. The maximum absolute atomic E-state index is 13.4. The molecule has 2 N–H and O–H groups in total. The minimum Gasteiger partial charge on any atom is -0.494 e. The van der Waals surface area contributed by atoms with Crippen molar-refractivity contribution < 1.29 is 24.2 Å². The fraction of sp³-hybridized carbons (Fsp3) is 0.537. The van der Waals surface area contributed by atoms with Crippen LogP contribution in [0.3, 0.4) is 0 Å². The van der Waals surface area contributed by atoms with Gasteiger partial charge in [0.1, 0.15) is 17.6 Å². The van der Waals surface area contributed by atoms with Gasteiger partial charge in [-0.05, 0) is 80.0 Å². The van der Waals surface area contributed by atoms with Gasteiger partial charge in [0.2, 0.25) is 5.91 Å². The van der Waals surface area contributed by atoms with Gasteiger partial charge in [0.05, 0.1) is 6.61 Å². The van der Waals surface area contributed by atoms with Crippen molar-refractivity contribution in [2.75, 3.05) is 6.61 Å². The van der Waals surface area contributed by atoms with Gasteiger partial charge >= 0.3 is 5.97 Å². The number of amides is 1. The highest BCUT2D eigenvalue weighted by Gasteiger charge is 2.34. The summed E-state index contributed by atoms with van der Waals surface area (Å²) in [7, 11) is 0. The molecule has 0 bridgehead atoms. The molecule has 3 aromatic rings. The van der Waals surface area contributed by atoms with Crippen molar-refractivity contribution in [1.29, 1.82) is 0 Å². The number of unbranched alkanes of at least 4 members (excludes halogenated alkanes) is 4. The number of ketones is 1. The molecule has 1 aromatic heterocycles. The number of hydrogen-bond donors (Lipinski definition) is 2. The van der Waals surface area contributed by atoms with Gasteiger partial charge in [-0.2, -0.15) is 0 Å². The van der Waals surface area contributed by atoms with Crippen LogP contribution in [-0.4, -0.2) is 45.4 Å². The maximum atomic E-state index is 13.4. The molecule has 0 radical (unpaired) electrons. The number of aliphatic carboxylic acids is 1. The van der Waals surface area contributed by atoms with Crippen LogP contribution in [-0.2, 0) is 20.8 Å². The van der Waals surface area contributed by atoms with Crippen LogP contribution in [0.2, 0.25) is 0 Å². The number of carboxylic acids is 1. The molecule has 0 unspecified atom stereocenters. The van der Waals surface area contributed by atoms with Gasteiger partial charge in [0, 0.05) is 41.8 Å². The summed E-state index contributed by atoms with van der Waals surface area (Å²) in [6.07, 6.45) is 13.8. The van der Waals surface area contributed by atoms with E-state index in [1.54, 1.807) is 0 Å². The molecular formula is C41H55N3O5. The van der Waals surface area contributed by atoms with Crippen molar-refractivity contribution >= 4 is 17.7 Å². The lowest BCUT2D eigenvalue weighted by molar-refractivity contribution is -0.142. The van der Waals surface area contributed by atoms with Gasteiger partial charge in [0.15, 0.2) is 5.82 Å². The van der Waals surface area contributed by atoms with E-state index in [9.17, 15) is 19.5 Å². The Labute approximate surface area is 292 Å². The van der Waals surface area contributed by atoms with Crippen LogP contribution < -0.4 is 10.1 Å². The second-order valence-corrected chi connectivity index (χ2v) is 14.8. The standard InChI is InChI=1S/C41H55N3O5/c1-6-7-8-9-10-23-49-36-21-17-30(18-22-36)34-26-42-38(43-27-34)32-13-11-29(12-14-32)24-33(39(46)44-28(2)40(47)48)25-37(45)31-15-19-35(20-16-31)41(3,4)5/h11-14,17-18,21-22,26-28,31,33,35H,6-10,15-16,19-20,23-25H2,1-5H3,(H,44,46)(H,47,48)/t28-,31?,33-,35?/m1/s1. The average molecular weight is 670 g/mol. The molecule has 49 heavy (non-hydrogen) atoms. The first kappa shape index (κ1) is 37.7. The smallest absolute Gasteiger partial charge is 0.325 e. The molecule has 2 aromatic carbocycles. The fourth-order valence-corrected chi connectivity index (χ4v) is 6.68. The van der Waals surface area contributed by atoms with Gasteiger partial charge in [-0.25, -0.2) is 9.97 Å². The van der Waals surface area contributed by atoms with E-state index >= 15 is 0 Å². The highest BCUT2D eigenvalue weighted by atomic mass is 16.5. The quantitative estimate of drug-likeness (QED) is 0.138. The van der Waals surface area contributed by atoms with Gasteiger partial charge in [0.25, 0.3) is 0 Å². The summed E-state index contributed by atoms with van der Waals surface area (Å²) in [6, 6.07) is 14.7. The number of carbonyl (C=O) groups excluding carboxylic acids is 2. The van der Waals surface area contributed by atoms with E-state index in [1.165, 1.54) is 32.6 Å². The van der Waals surface area contributed by atoms with E-state index in [-0.39, 0.29) is 23.5 Å². The van der Waals surface area contributed by atoms with E-state index < -0.39 is 23.8 Å². The third kappa shape index (κ3) is 11.5. The molecule has 0 aliphatic heterocycles. The van der Waals surface area contributed by atoms with Crippen LogP contribution in [0, 0.1) is 23.2 Å². The molecule has 8 heteroatoms. The summed E-state index contributed by atoms with van der Waals surface area (Å²) in [5.74, 6) is -0.0826. The van der Waals surface area contributed by atoms with Crippen molar-refractivity contribution in [3.05, 3.63) is 66.5 Å². The Balaban J connectivity index is 1.36. The lowest BCUT2D eigenvalue weighted by Crippen LogP contribution is -2.43. The number of carboxylic acid groups (broad SMARTS) is 1. The number of ether oxygens (including phenoxy) is 1. The number of hydrogen-bond acceptors (Lipinski definition) is 6. The van der Waals surface area contributed by atoms with E-state index in [1.807, 2.05) is 60.9 Å². The predicted octanol–water partition coefficient (Wildman–Crippen LogP) is 8.72. The molecule has 1 saturated carbocycles. The predicted molar refractivity (Wildman–Crippen MR) is 194 cm³/mol. The third-order valence-electron chi connectivity index (χ3n) is 10.0. The van der Waals surface area contributed by atoms with Crippen molar-refractivity contribution in [1.82, 2.24) is 15.3 Å². The molecule has 0 spiro atoms. The summed E-state index contributed by atoms with van der Waals surface area (Å²) in [5, 5.41) is 12.0. The Morgan fingerprint density at radius 1 is 0.857 bits per heavy atom. The normalized spacial score (nSPS) is 17.6. The number of carbonyl (C=O) groups is 3. The minimum absolute atomic E-state index is 0.0512. The van der Waals surface area contributed by atoms with E-state index in [0.717, 1.165) is 66.7 Å². The number of nitrogens with one attached hydrogen (secondary N) is 1. The second kappa shape index (κ2) is 18.1. The SMILES string of the molecule is CCCCCCCOc1ccc(-c2cnc(-c3ccc(C[C@H](CC(=O)C4CCC(C(C)(C)C)CC4)C(=O)N[C@H](C)C(=O)O)cc3)nc2)cc1. The second-order valence-electron chi connectivity index (χ2n) is 14.8. The first-order valence-corrected chi connectivity index (χ1v) is 18.1. The summed E-state index contributed by atoms with van der Waals surface area (Å²) in [5.41, 5.74) is 3.86. The Morgan fingerprint density at radius 2 is 1.47 bits per heavy atom. The van der Waals surface area contributed by atoms with Crippen LogP contribution in [0.1, 0.15) is 104 Å². The van der Waals surface area contributed by atoms with Crippen molar-refractivity contribution in [3.8, 4) is 28.3 Å². The summed E-state index contributed by atoms with van der Waals surface area (Å²) in [4.78, 5) is 47.4. The zero-order valence-corrected chi connectivity index (χ0v) is 30.0. The monoisotopic (exact) mass is 669 g/mol. The van der Waals surface area contributed by atoms with Crippen molar-refractivity contribution in [2.45, 2.75) is 111 Å². The van der Waals surface area contributed by atoms with Crippen molar-refractivity contribution in [2.24, 2.45) is 23.2 Å². The molecule has 1 aliphatic rings. The summed E-state index contributed by atoms with van der Waals surface area (Å²) in [6.45, 7) is 11.1. The van der Waals surface area contributed by atoms with Crippen LogP contribution in [0.15, 0.2) is 60.9 Å². The molecule has 0 saturated heterocycles. The summed E-state index contributed by atoms with van der Waals surface area (Å²) >= 11 is 0. The lowest BCUT2D eigenvalue weighted by atomic mass is 9.68. The zero-order chi connectivity index (χ0) is 35.4. The molecule has 1 heterocycles. The van der Waals surface area contributed by atoms with Crippen LogP contribution in [0.4, 0.5) is 0 Å². The van der Waals surface area contributed by atoms with Crippen LogP contribution >= 0.6 is 0 Å². The number of nitrogens with zero attached hydrogens (tertiary/aromatic N) is 2. The Morgan fingerprint density at radius 3 is 2.06 bits per heavy atom. The number of rotatable bonds is 17. The summed E-state index contributed by atoms with van der Waals surface area (Å²) < 4.78 is 5.89. The van der Waals surface area contributed by atoms with Gasteiger partial charge < -0.3 is 15.2 Å². The van der Waals surface area contributed by atoms with Crippen LogP contribution in [0.5, 0.6) is 5.75 Å². The molecular weight excluding hydrogens is 614 g/mol. The topological polar surface area (TPSA) is 118 Å². The highest BCUT2D eigenvalue weighted by molar-refractivity contribution is 5.90. The minimum atomic E-state index is -1.11. The number of benzene rings is 2. The third-order valence-corrected chi connectivity index (χ3v) is 10.0.